The first kappa shape index (κ1) is 46.4. The molecule has 1 heterocycles. The molecule has 306 valence electrons. The van der Waals surface area contributed by atoms with Crippen molar-refractivity contribution < 1.29 is 48.8 Å². The van der Waals surface area contributed by atoms with Gasteiger partial charge in [0.15, 0.2) is 0 Å². The van der Waals surface area contributed by atoms with Crippen LogP contribution in [0.1, 0.15) is 85.1 Å². The lowest BCUT2D eigenvalue weighted by Gasteiger charge is -2.32. The number of esters is 1. The molecule has 15 heteroatoms. The molecule has 5 amide bonds. The fraction of sp³-hybridized carbons (Fsp3) is 0.600. The Balaban J connectivity index is 2.15. The number of amides is 5. The highest BCUT2D eigenvalue weighted by atomic mass is 16.5. The Morgan fingerprint density at radius 2 is 1.69 bits per heavy atom. The standard InChI is InChI=1S/C40H61N5O10/c1-7-8-9-10-11-12-13-14-33(49)42-30(23-46)32(48)22-35(51)44-36(25(2)3)38(52)41-28-17-20-34(50)43-37(26(4)5)39(53)45(6)31(40(54)55-24-28)21-27-15-18-29(47)19-16-27/h12-13,15-20,25-26,28,30-32,36-37,46-48H,7-11,14,21-24H2,1-6H3,(H,41,52)(H,42,49)(H,43,50)(H,44,51)/b13-12-,20-17+/t28-,30+,31+,32+,36+,37+/m1/s1. The number of nitrogens with one attached hydrogen (secondary N) is 4. The molecule has 0 spiro atoms. The number of benzene rings is 1. The second-order valence-electron chi connectivity index (χ2n) is 14.6. The van der Waals surface area contributed by atoms with Crippen LogP contribution in [0.25, 0.3) is 0 Å². The zero-order valence-electron chi connectivity index (χ0n) is 33.0. The average Bonchev–Trinajstić information content (AvgIpc) is 3.13. The van der Waals surface area contributed by atoms with E-state index in [9.17, 15) is 44.1 Å². The van der Waals surface area contributed by atoms with E-state index < -0.39 is 97.4 Å². The highest BCUT2D eigenvalue weighted by molar-refractivity contribution is 5.95. The third kappa shape index (κ3) is 16.2. The Morgan fingerprint density at radius 3 is 2.31 bits per heavy atom. The molecular weight excluding hydrogens is 710 g/mol. The quantitative estimate of drug-likeness (QED) is 0.0614. The van der Waals surface area contributed by atoms with Crippen LogP contribution in [0.3, 0.4) is 0 Å². The number of aliphatic hydroxyl groups is 2. The maximum absolute atomic E-state index is 13.6. The molecule has 0 saturated heterocycles. The smallest absolute Gasteiger partial charge is 0.329 e. The number of carbonyl (C=O) groups excluding carboxylic acids is 6. The number of nitrogens with zero attached hydrogens (tertiary/aromatic N) is 1. The van der Waals surface area contributed by atoms with Crippen LogP contribution in [0.2, 0.25) is 0 Å². The molecule has 0 saturated carbocycles. The van der Waals surface area contributed by atoms with Crippen molar-refractivity contribution in [1.29, 1.82) is 0 Å². The molecule has 0 bridgehead atoms. The second-order valence-corrected chi connectivity index (χ2v) is 14.6. The number of allylic oxidation sites excluding steroid dienone is 1. The largest absolute Gasteiger partial charge is 0.508 e. The Labute approximate surface area is 324 Å². The van der Waals surface area contributed by atoms with E-state index in [0.29, 0.717) is 5.56 Å². The summed E-state index contributed by atoms with van der Waals surface area (Å²) in [6, 6.07) is 0.753. The highest BCUT2D eigenvalue weighted by Crippen LogP contribution is 2.17. The van der Waals surface area contributed by atoms with Gasteiger partial charge in [0.05, 0.1) is 31.2 Å². The number of carbonyl (C=O) groups is 6. The Hall–Kier alpha value is -4.76. The number of cyclic esters (lactones) is 1. The van der Waals surface area contributed by atoms with Crippen LogP contribution in [-0.4, -0.2) is 112 Å². The third-order valence-electron chi connectivity index (χ3n) is 9.26. The van der Waals surface area contributed by atoms with Gasteiger partial charge in [-0.1, -0.05) is 84.2 Å². The molecule has 0 fully saturated rings. The summed E-state index contributed by atoms with van der Waals surface area (Å²) in [5, 5.41) is 40.8. The van der Waals surface area contributed by atoms with Crippen molar-refractivity contribution in [2.45, 2.75) is 122 Å². The first-order valence-corrected chi connectivity index (χ1v) is 19.1. The second kappa shape index (κ2) is 23.9. The van der Waals surface area contributed by atoms with Gasteiger partial charge in [-0.25, -0.2) is 4.79 Å². The van der Waals surface area contributed by atoms with E-state index in [4.69, 9.17) is 4.74 Å². The topological polar surface area (TPSA) is 224 Å². The Kier molecular flexibility index (Phi) is 20.2. The molecule has 0 radical (unpaired) electrons. The molecule has 15 nitrogen and oxygen atoms in total. The van der Waals surface area contributed by atoms with E-state index in [1.54, 1.807) is 45.9 Å². The van der Waals surface area contributed by atoms with Crippen LogP contribution in [-0.2, 0) is 39.9 Å². The van der Waals surface area contributed by atoms with Crippen molar-refractivity contribution in [1.82, 2.24) is 26.2 Å². The molecule has 0 unspecified atom stereocenters. The number of hydrogen-bond acceptors (Lipinski definition) is 10. The number of aliphatic hydroxyl groups excluding tert-OH is 2. The molecule has 0 aromatic heterocycles. The lowest BCUT2D eigenvalue weighted by Crippen LogP contribution is -2.56. The number of phenols is 1. The molecule has 0 aliphatic carbocycles. The SMILES string of the molecule is CCCCCC/C=C\CC(=O)N[C@@H](CO)[C@@H](O)CC(=O)N[C@H](C(=O)N[C@@H]1/C=C/C(=O)N[C@@H](C(C)C)C(=O)N(C)[C@@H](Cc2ccc(O)cc2)C(=O)OC1)C(C)C. The van der Waals surface area contributed by atoms with Crippen LogP contribution in [0, 0.1) is 11.8 Å². The summed E-state index contributed by atoms with van der Waals surface area (Å²) in [5.74, 6) is -4.47. The van der Waals surface area contributed by atoms with E-state index >= 15 is 0 Å². The predicted octanol–water partition coefficient (Wildman–Crippen LogP) is 1.79. The van der Waals surface area contributed by atoms with E-state index in [0.717, 1.165) is 38.2 Å². The van der Waals surface area contributed by atoms with Gasteiger partial charge in [0, 0.05) is 26.0 Å². The van der Waals surface area contributed by atoms with E-state index in [1.807, 2.05) is 6.08 Å². The lowest BCUT2D eigenvalue weighted by atomic mass is 9.99. The van der Waals surface area contributed by atoms with Gasteiger partial charge in [-0.3, -0.25) is 24.0 Å². The number of rotatable bonds is 19. The highest BCUT2D eigenvalue weighted by Gasteiger charge is 2.36. The predicted molar refractivity (Wildman–Crippen MR) is 206 cm³/mol. The maximum Gasteiger partial charge on any atom is 0.329 e. The van der Waals surface area contributed by atoms with E-state index in [2.05, 4.69) is 28.2 Å². The molecule has 1 aromatic carbocycles. The molecular formula is C40H61N5O10. The summed E-state index contributed by atoms with van der Waals surface area (Å²) in [7, 11) is 1.44. The van der Waals surface area contributed by atoms with Crippen molar-refractivity contribution in [3.05, 3.63) is 54.1 Å². The molecule has 7 N–H and O–H groups in total. The van der Waals surface area contributed by atoms with Gasteiger partial charge in [-0.2, -0.15) is 0 Å². The van der Waals surface area contributed by atoms with Crippen LogP contribution in [0.4, 0.5) is 0 Å². The zero-order chi connectivity index (χ0) is 41.1. The van der Waals surface area contributed by atoms with Crippen LogP contribution < -0.4 is 21.3 Å². The van der Waals surface area contributed by atoms with Crippen molar-refractivity contribution in [3.8, 4) is 5.75 Å². The minimum absolute atomic E-state index is 0.0273. The van der Waals surface area contributed by atoms with Crippen molar-refractivity contribution >= 4 is 35.5 Å². The van der Waals surface area contributed by atoms with Gasteiger partial charge in [-0.15, -0.1) is 0 Å². The average molecular weight is 772 g/mol. The van der Waals surface area contributed by atoms with E-state index in [-0.39, 0.29) is 24.5 Å². The third-order valence-corrected chi connectivity index (χ3v) is 9.26. The van der Waals surface area contributed by atoms with Crippen molar-refractivity contribution in [2.24, 2.45) is 11.8 Å². The van der Waals surface area contributed by atoms with Crippen molar-refractivity contribution in [2.75, 3.05) is 20.3 Å². The first-order chi connectivity index (χ1) is 26.1. The van der Waals surface area contributed by atoms with Gasteiger partial charge in [0.25, 0.3) is 0 Å². The lowest BCUT2D eigenvalue weighted by molar-refractivity contribution is -0.156. The molecule has 55 heavy (non-hydrogen) atoms. The van der Waals surface area contributed by atoms with Crippen LogP contribution >= 0.6 is 0 Å². The molecule has 1 aliphatic rings. The number of ether oxygens (including phenoxy) is 1. The minimum Gasteiger partial charge on any atom is -0.508 e. The number of unbranched alkanes of at least 4 members (excludes halogenated alkanes) is 4. The summed E-state index contributed by atoms with van der Waals surface area (Å²) in [4.78, 5) is 80.3. The fourth-order valence-electron chi connectivity index (χ4n) is 5.84. The number of likely N-dealkylation sites (N-methyl/N-ethyl adjacent to an activating group) is 1. The van der Waals surface area contributed by atoms with Crippen LogP contribution in [0.5, 0.6) is 5.75 Å². The summed E-state index contributed by atoms with van der Waals surface area (Å²) in [5.41, 5.74) is 0.635. The molecule has 1 aliphatic heterocycles. The fourth-order valence-corrected chi connectivity index (χ4v) is 5.84. The minimum atomic E-state index is -1.45. The normalized spacial score (nSPS) is 20.5. The van der Waals surface area contributed by atoms with Crippen molar-refractivity contribution in [3.63, 3.8) is 0 Å². The number of aromatic hydroxyl groups is 1. The van der Waals surface area contributed by atoms with Gasteiger partial charge in [0.1, 0.15) is 30.5 Å². The Morgan fingerprint density at radius 1 is 1.00 bits per heavy atom. The summed E-state index contributed by atoms with van der Waals surface area (Å²) < 4.78 is 5.62. The summed E-state index contributed by atoms with van der Waals surface area (Å²) in [6.45, 7) is 7.96. The van der Waals surface area contributed by atoms with Crippen LogP contribution in [0.15, 0.2) is 48.6 Å². The molecule has 6 atom stereocenters. The Bertz CT molecular complexity index is 1480. The number of hydrogen-bond donors (Lipinski definition) is 7. The number of phenolic OH excluding ortho intramolecular Hbond substituents is 1. The molecule has 1 aromatic rings. The van der Waals surface area contributed by atoms with Gasteiger partial charge in [-0.05, 0) is 42.4 Å². The summed E-state index contributed by atoms with van der Waals surface area (Å²) >= 11 is 0. The maximum atomic E-state index is 13.6. The summed E-state index contributed by atoms with van der Waals surface area (Å²) in [6.07, 6.45) is 9.48. The van der Waals surface area contributed by atoms with Gasteiger partial charge >= 0.3 is 5.97 Å². The molecule has 2 rings (SSSR count). The zero-order valence-corrected chi connectivity index (χ0v) is 33.0. The van der Waals surface area contributed by atoms with Gasteiger partial charge in [0.2, 0.25) is 29.5 Å². The van der Waals surface area contributed by atoms with E-state index in [1.165, 1.54) is 30.2 Å². The van der Waals surface area contributed by atoms with Gasteiger partial charge < -0.3 is 46.2 Å². The first-order valence-electron chi connectivity index (χ1n) is 19.1. The monoisotopic (exact) mass is 771 g/mol.